The molecule has 0 radical (unpaired) electrons. The minimum absolute atomic E-state index is 0.0445. The lowest BCUT2D eigenvalue weighted by Gasteiger charge is -2.39. The molecule has 3 unspecified atom stereocenters. The molecule has 6 aliphatic rings. The molecule has 3 atom stereocenters. The molecule has 0 saturated carbocycles. The zero-order valence-electron chi connectivity index (χ0n) is 21.6. The third-order valence-corrected chi connectivity index (χ3v) is 14.3. The summed E-state index contributed by atoms with van der Waals surface area (Å²) in [7, 11) is 0. The van der Waals surface area contributed by atoms with Gasteiger partial charge in [0.05, 0.1) is 11.0 Å². The Morgan fingerprint density at radius 2 is 1.63 bits per heavy atom. The van der Waals surface area contributed by atoms with E-state index in [1.54, 1.807) is 10.7 Å². The van der Waals surface area contributed by atoms with Crippen LogP contribution < -0.4 is 25.6 Å². The number of hydrogen-bond acceptors (Lipinski definition) is 2. The molecule has 0 aromatic heterocycles. The number of ether oxygens (including phenoxy) is 1. The van der Waals surface area contributed by atoms with Gasteiger partial charge in [-0.15, -0.1) is 0 Å². The summed E-state index contributed by atoms with van der Waals surface area (Å²) in [6.45, 7) is 4.88. The van der Waals surface area contributed by atoms with Crippen molar-refractivity contribution in [1.82, 2.24) is 0 Å². The Morgan fingerprint density at radius 1 is 0.789 bits per heavy atom. The highest BCUT2D eigenvalue weighted by atomic mass is 31.2. The van der Waals surface area contributed by atoms with Gasteiger partial charge >= 0.3 is 0 Å². The molecule has 1 spiro atoms. The van der Waals surface area contributed by atoms with Crippen molar-refractivity contribution in [3.8, 4) is 11.5 Å². The fraction of sp³-hybridized carbons (Fsp3) is 0.171. The Kier molecular flexibility index (Phi) is 3.26. The predicted octanol–water partition coefficient (Wildman–Crippen LogP) is 6.85. The Bertz CT molecular complexity index is 1950. The van der Waals surface area contributed by atoms with E-state index < -0.39 is 6.89 Å². The average Bonchev–Trinajstić information content (AvgIpc) is 3.65. The van der Waals surface area contributed by atoms with Gasteiger partial charge in [-0.3, -0.25) is 0 Å². The first-order valence-electron chi connectivity index (χ1n) is 13.7. The number of benzene rings is 4. The maximum absolute atomic E-state index is 6.90. The second-order valence-electron chi connectivity index (χ2n) is 12.5. The fourth-order valence-corrected chi connectivity index (χ4v) is 13.8. The average molecular weight is 508 g/mol. The fourth-order valence-electron chi connectivity index (χ4n) is 8.17. The van der Waals surface area contributed by atoms with Crippen LogP contribution in [0.4, 0.5) is 5.69 Å². The molecule has 4 aromatic carbocycles. The first-order valence-corrected chi connectivity index (χ1v) is 15.5. The second kappa shape index (κ2) is 6.11. The van der Waals surface area contributed by atoms with Crippen LogP contribution in [0.1, 0.15) is 66.0 Å². The monoisotopic (exact) mass is 507 g/mol. The topological polar surface area (TPSA) is 12.5 Å². The normalized spacial score (nSPS) is 25.0. The van der Waals surface area contributed by atoms with Crippen LogP contribution in [0, 0.1) is 0 Å². The van der Waals surface area contributed by atoms with Crippen LogP contribution in [0.25, 0.3) is 5.57 Å². The van der Waals surface area contributed by atoms with Gasteiger partial charge in [0.15, 0.2) is 0 Å². The third kappa shape index (κ3) is 1.98. The smallest absolute Gasteiger partial charge is 0.138 e. The number of anilines is 1. The Labute approximate surface area is 222 Å². The Morgan fingerprint density at radius 3 is 2.47 bits per heavy atom. The van der Waals surface area contributed by atoms with Gasteiger partial charge in [-0.2, -0.15) is 0 Å². The quantitative estimate of drug-likeness (QED) is 0.226. The zero-order valence-corrected chi connectivity index (χ0v) is 22.5. The molecule has 5 heterocycles. The van der Waals surface area contributed by atoms with Crippen molar-refractivity contribution in [2.45, 2.75) is 38.0 Å². The van der Waals surface area contributed by atoms with Crippen LogP contribution >= 0.6 is 6.89 Å². The van der Waals surface area contributed by atoms with Crippen LogP contribution in [0.15, 0.2) is 91.1 Å². The predicted molar refractivity (Wildman–Crippen MR) is 159 cm³/mol. The minimum Gasteiger partial charge on any atom is -0.456 e. The molecule has 2 nitrogen and oxygen atoms in total. The standard InChI is InChI=1S/C35H26NOP/c1-35(2,3)20-16-27-33-29(17-20)37-28-11-7-10-22-26-18-25(19-8-5-4-6-9-19)21-12-13-23-24-14-15-36(27)34(24)38(33,31(22)28)32(23)30(21)26/h4-18,24-25H,1-3H3. The lowest BCUT2D eigenvalue weighted by Crippen LogP contribution is -2.37. The first kappa shape index (κ1) is 20.3. The van der Waals surface area contributed by atoms with Crippen LogP contribution in [0.3, 0.4) is 0 Å². The molecule has 0 N–H and O–H groups in total. The van der Waals surface area contributed by atoms with Gasteiger partial charge in [0.2, 0.25) is 0 Å². The SMILES string of the molecule is CC(C)(C)c1cc2c3c(c1)N1C=CC4C1=P31c3c(cccc3C3=CC(c5ccccc5)c5ccc4c1c53)O2. The summed E-state index contributed by atoms with van der Waals surface area (Å²) in [6, 6.07) is 27.5. The molecule has 3 heteroatoms. The molecular weight excluding hydrogens is 481 g/mol. The molecule has 10 rings (SSSR count). The van der Waals surface area contributed by atoms with Crippen molar-refractivity contribution in [2.75, 3.05) is 4.90 Å². The summed E-state index contributed by atoms with van der Waals surface area (Å²) in [5.74, 6) is 2.77. The molecular formula is C35H26NOP. The van der Waals surface area contributed by atoms with E-state index >= 15 is 0 Å². The van der Waals surface area contributed by atoms with Gasteiger partial charge in [-0.1, -0.05) is 87.5 Å². The van der Waals surface area contributed by atoms with Crippen LogP contribution in [-0.2, 0) is 5.41 Å². The van der Waals surface area contributed by atoms with E-state index in [-0.39, 0.29) is 11.3 Å². The molecule has 0 saturated heterocycles. The highest BCUT2D eigenvalue weighted by Gasteiger charge is 2.59. The molecule has 0 bridgehead atoms. The Balaban J connectivity index is 1.40. The molecule has 1 aliphatic carbocycles. The highest BCUT2D eigenvalue weighted by Crippen LogP contribution is 2.71. The van der Waals surface area contributed by atoms with Crippen molar-refractivity contribution in [3.05, 3.63) is 125 Å². The number of allylic oxidation sites excluding steroid dienone is 1. The summed E-state index contributed by atoms with van der Waals surface area (Å²) in [4.78, 5) is 2.56. The third-order valence-electron chi connectivity index (χ3n) is 9.66. The largest absolute Gasteiger partial charge is 0.456 e. The molecule has 0 amide bonds. The molecule has 38 heavy (non-hydrogen) atoms. The summed E-state index contributed by atoms with van der Waals surface area (Å²) in [5.41, 5.74) is 13.0. The van der Waals surface area contributed by atoms with Gasteiger partial charge in [0.25, 0.3) is 0 Å². The van der Waals surface area contributed by atoms with Crippen molar-refractivity contribution in [2.24, 2.45) is 0 Å². The minimum atomic E-state index is -2.03. The van der Waals surface area contributed by atoms with E-state index in [0.29, 0.717) is 5.92 Å². The van der Waals surface area contributed by atoms with Crippen LogP contribution in [0.2, 0.25) is 0 Å². The van der Waals surface area contributed by atoms with Crippen molar-refractivity contribution >= 4 is 39.5 Å². The van der Waals surface area contributed by atoms with E-state index in [1.165, 1.54) is 55.3 Å². The Hall–Kier alpha value is -3.74. The first-order chi connectivity index (χ1) is 18.5. The lowest BCUT2D eigenvalue weighted by molar-refractivity contribution is 0.484. The van der Waals surface area contributed by atoms with Gasteiger partial charge in [0.1, 0.15) is 11.5 Å². The molecule has 182 valence electrons. The number of nitrogens with zero attached hydrogens (tertiary/aromatic N) is 1. The summed E-state index contributed by atoms with van der Waals surface area (Å²) < 4.78 is 6.90. The summed E-state index contributed by atoms with van der Waals surface area (Å²) in [6.07, 6.45) is 7.34. The maximum atomic E-state index is 6.90. The maximum Gasteiger partial charge on any atom is 0.138 e. The van der Waals surface area contributed by atoms with E-state index in [0.717, 1.165) is 11.5 Å². The highest BCUT2D eigenvalue weighted by molar-refractivity contribution is 7.97. The lowest BCUT2D eigenvalue weighted by atomic mass is 9.86. The van der Waals surface area contributed by atoms with Gasteiger partial charge in [-0.25, -0.2) is 0 Å². The molecule has 0 fully saturated rings. The van der Waals surface area contributed by atoms with Crippen molar-refractivity contribution < 1.29 is 4.74 Å². The van der Waals surface area contributed by atoms with Crippen molar-refractivity contribution in [1.29, 1.82) is 0 Å². The number of rotatable bonds is 1. The molecule has 5 aliphatic heterocycles. The van der Waals surface area contributed by atoms with Gasteiger partial charge in [0, 0.05) is 35.6 Å². The van der Waals surface area contributed by atoms with Gasteiger partial charge < -0.3 is 9.64 Å². The second-order valence-corrected chi connectivity index (χ2v) is 15.6. The van der Waals surface area contributed by atoms with Gasteiger partial charge in [-0.05, 0) is 67.9 Å². The van der Waals surface area contributed by atoms with Crippen LogP contribution in [0.5, 0.6) is 11.5 Å². The van der Waals surface area contributed by atoms with Crippen molar-refractivity contribution in [3.63, 3.8) is 0 Å². The van der Waals surface area contributed by atoms with E-state index in [9.17, 15) is 0 Å². The van der Waals surface area contributed by atoms with E-state index in [1.807, 2.05) is 0 Å². The summed E-state index contributed by atoms with van der Waals surface area (Å²) >= 11 is 0. The zero-order chi connectivity index (χ0) is 25.1. The number of hydrogen-bond donors (Lipinski definition) is 0. The summed E-state index contributed by atoms with van der Waals surface area (Å²) in [5, 5.41) is 4.55. The van der Waals surface area contributed by atoms with E-state index in [2.05, 4.69) is 117 Å². The molecule has 4 aromatic rings. The number of fused-ring (bicyclic) bond motifs is 3. The van der Waals surface area contributed by atoms with Crippen LogP contribution in [-0.4, -0.2) is 5.42 Å². The van der Waals surface area contributed by atoms with E-state index in [4.69, 9.17) is 4.74 Å².